The fourth-order valence-electron chi connectivity index (χ4n) is 6.69. The second-order valence-electron chi connectivity index (χ2n) is 9.96. The van der Waals surface area contributed by atoms with Crippen molar-refractivity contribution in [1.29, 1.82) is 0 Å². The Kier molecular flexibility index (Phi) is 6.36. The smallest absolute Gasteiger partial charge is 0.256 e. The number of halogens is 1. The predicted molar refractivity (Wildman–Crippen MR) is 146 cm³/mol. The summed E-state index contributed by atoms with van der Waals surface area (Å²) in [4.78, 5) is 28.4. The highest BCUT2D eigenvalue weighted by Gasteiger charge is 2.73. The maximum atomic E-state index is 13.7. The van der Waals surface area contributed by atoms with Gasteiger partial charge < -0.3 is 14.8 Å². The number of fused-ring (bicyclic) bond motifs is 4. The number of hydrogen-bond donors (Lipinski definition) is 1. The minimum absolute atomic E-state index is 0.153. The topological polar surface area (TPSA) is 93.9 Å². The maximum Gasteiger partial charge on any atom is 0.256 e. The van der Waals surface area contributed by atoms with Crippen LogP contribution < -0.4 is 14.8 Å². The van der Waals surface area contributed by atoms with E-state index in [1.165, 1.54) is 0 Å². The second-order valence-corrected chi connectivity index (χ2v) is 10.8. The molecule has 3 aliphatic heterocycles. The van der Waals surface area contributed by atoms with Crippen LogP contribution in [0, 0.1) is 10.1 Å². The average Bonchev–Trinajstić information content (AvgIpc) is 3.57. The Hall–Kier alpha value is -3.43. The molecule has 2 saturated heterocycles. The highest BCUT2D eigenvalue weighted by atomic mass is 79.9. The fourth-order valence-corrected chi connectivity index (χ4v) is 7.26. The molecule has 3 aromatic rings. The van der Waals surface area contributed by atoms with E-state index in [1.807, 2.05) is 73.7 Å². The van der Waals surface area contributed by atoms with E-state index in [-0.39, 0.29) is 16.9 Å². The minimum Gasteiger partial charge on any atom is -0.490 e. The maximum absolute atomic E-state index is 13.7. The summed E-state index contributed by atoms with van der Waals surface area (Å²) in [5.74, 6) is 0.249. The quantitative estimate of drug-likeness (QED) is 0.295. The number of anilines is 1. The summed E-state index contributed by atoms with van der Waals surface area (Å²) in [6, 6.07) is 19.7. The molecule has 4 atom stereocenters. The van der Waals surface area contributed by atoms with E-state index in [1.54, 1.807) is 0 Å². The van der Waals surface area contributed by atoms with Gasteiger partial charge in [0.2, 0.25) is 0 Å². The van der Waals surface area contributed by atoms with Crippen molar-refractivity contribution in [3.63, 3.8) is 0 Å². The van der Waals surface area contributed by atoms with Crippen molar-refractivity contribution < 1.29 is 19.2 Å². The predicted octanol–water partition coefficient (Wildman–Crippen LogP) is 5.48. The van der Waals surface area contributed by atoms with Gasteiger partial charge in [-0.25, -0.2) is 0 Å². The first-order valence-electron chi connectivity index (χ1n) is 12.9. The van der Waals surface area contributed by atoms with Gasteiger partial charge in [-0.05, 0) is 65.0 Å². The molecule has 1 spiro atoms. The van der Waals surface area contributed by atoms with Crippen molar-refractivity contribution in [1.82, 2.24) is 4.90 Å². The number of rotatable bonds is 7. The van der Waals surface area contributed by atoms with Crippen molar-refractivity contribution in [2.45, 2.75) is 49.9 Å². The third-order valence-electron chi connectivity index (χ3n) is 8.04. The lowest BCUT2D eigenvalue weighted by molar-refractivity contribution is -0.534. The van der Waals surface area contributed by atoms with Crippen molar-refractivity contribution >= 4 is 27.5 Å². The van der Waals surface area contributed by atoms with Crippen LogP contribution in [0.15, 0.2) is 71.2 Å². The fraction of sp³-hybridized carbons (Fsp3) is 0.345. The zero-order chi connectivity index (χ0) is 26.4. The Bertz CT molecular complexity index is 1400. The van der Waals surface area contributed by atoms with Crippen LogP contribution in [0.5, 0.6) is 11.5 Å². The Morgan fingerprint density at radius 1 is 1.13 bits per heavy atom. The zero-order valence-electron chi connectivity index (χ0n) is 20.9. The first kappa shape index (κ1) is 24.9. The Morgan fingerprint density at radius 2 is 1.89 bits per heavy atom. The average molecular weight is 578 g/mol. The van der Waals surface area contributed by atoms with Gasteiger partial charge in [0.15, 0.2) is 17.0 Å². The van der Waals surface area contributed by atoms with E-state index < -0.39 is 17.5 Å². The summed E-state index contributed by atoms with van der Waals surface area (Å²) < 4.78 is 12.8. The monoisotopic (exact) mass is 577 g/mol. The van der Waals surface area contributed by atoms with Gasteiger partial charge in [0.25, 0.3) is 11.9 Å². The molecule has 6 rings (SSSR count). The van der Waals surface area contributed by atoms with E-state index in [0.29, 0.717) is 47.0 Å². The molecule has 0 aliphatic carbocycles. The SMILES string of the molecule is CCOc1cc([C@H]2[C@H]([N+](=O)[O-])[C@@]3(C(=O)Nc4ccccc43)N3CCC[C@@H]23)cc(Br)c1OCc1ccccc1. The number of nitro groups is 1. The van der Waals surface area contributed by atoms with E-state index in [0.717, 1.165) is 24.0 Å². The standard InChI is InChI=1S/C29H28BrN3O5/c1-2-37-24-16-19(15-21(30)26(24)38-17-18-9-4-3-5-10-18)25-23-13-8-14-32(23)29(27(25)33(35)36)20-11-6-7-12-22(20)31-28(29)34/h3-7,9-12,15-16,23,25,27H,2,8,13-14,17H2,1H3,(H,31,34)/t23-,25+,27-,29-/m0/s1. The largest absolute Gasteiger partial charge is 0.490 e. The van der Waals surface area contributed by atoms with Crippen molar-refractivity contribution in [2.75, 3.05) is 18.5 Å². The van der Waals surface area contributed by atoms with Gasteiger partial charge in [-0.3, -0.25) is 19.8 Å². The Balaban J connectivity index is 1.45. The molecule has 1 N–H and O–H groups in total. The number of nitrogens with one attached hydrogen (secondary N) is 1. The highest BCUT2D eigenvalue weighted by molar-refractivity contribution is 9.10. The number of amides is 1. The number of carbonyl (C=O) groups is 1. The summed E-state index contributed by atoms with van der Waals surface area (Å²) >= 11 is 3.66. The molecule has 3 heterocycles. The number of nitrogens with zero attached hydrogens (tertiary/aromatic N) is 2. The van der Waals surface area contributed by atoms with Crippen LogP contribution >= 0.6 is 15.9 Å². The summed E-state index contributed by atoms with van der Waals surface area (Å²) in [7, 11) is 0. The highest BCUT2D eigenvalue weighted by Crippen LogP contribution is 2.58. The first-order chi connectivity index (χ1) is 18.5. The molecule has 0 saturated carbocycles. The lowest BCUT2D eigenvalue weighted by atomic mass is 9.77. The van der Waals surface area contributed by atoms with Gasteiger partial charge >= 0.3 is 0 Å². The third kappa shape index (κ3) is 3.71. The molecule has 2 fully saturated rings. The normalized spacial score (nSPS) is 25.7. The summed E-state index contributed by atoms with van der Waals surface area (Å²) in [6.07, 6.45) is 1.65. The van der Waals surface area contributed by atoms with Gasteiger partial charge in [0.05, 0.1) is 17.0 Å². The van der Waals surface area contributed by atoms with Crippen LogP contribution in [-0.4, -0.2) is 41.0 Å². The van der Waals surface area contributed by atoms with E-state index >= 15 is 0 Å². The molecule has 196 valence electrons. The number of ether oxygens (including phenoxy) is 2. The molecular weight excluding hydrogens is 550 g/mol. The molecule has 9 heteroatoms. The summed E-state index contributed by atoms with van der Waals surface area (Å²) in [5, 5.41) is 15.8. The number of para-hydroxylation sites is 1. The van der Waals surface area contributed by atoms with Crippen LogP contribution in [0.1, 0.15) is 42.4 Å². The Labute approximate surface area is 229 Å². The molecule has 0 bridgehead atoms. The van der Waals surface area contributed by atoms with Crippen LogP contribution in [0.25, 0.3) is 0 Å². The molecule has 0 aromatic heterocycles. The van der Waals surface area contributed by atoms with Gasteiger partial charge in [0, 0.05) is 28.8 Å². The van der Waals surface area contributed by atoms with Crippen LogP contribution in [0.2, 0.25) is 0 Å². The van der Waals surface area contributed by atoms with Gasteiger partial charge in [0.1, 0.15) is 6.61 Å². The molecule has 0 unspecified atom stereocenters. The van der Waals surface area contributed by atoms with Crippen molar-refractivity contribution in [3.8, 4) is 11.5 Å². The van der Waals surface area contributed by atoms with Gasteiger partial charge in [-0.2, -0.15) is 0 Å². The second kappa shape index (κ2) is 9.71. The van der Waals surface area contributed by atoms with Crippen LogP contribution in [-0.2, 0) is 16.9 Å². The van der Waals surface area contributed by atoms with Crippen LogP contribution in [0.3, 0.4) is 0 Å². The number of benzene rings is 3. The Morgan fingerprint density at radius 3 is 2.66 bits per heavy atom. The molecule has 0 radical (unpaired) electrons. The number of hydrogen-bond acceptors (Lipinski definition) is 6. The lowest BCUT2D eigenvalue weighted by Crippen LogP contribution is -2.55. The lowest BCUT2D eigenvalue weighted by Gasteiger charge is -2.32. The van der Waals surface area contributed by atoms with Gasteiger partial charge in [-0.1, -0.05) is 48.5 Å². The zero-order valence-corrected chi connectivity index (χ0v) is 22.5. The van der Waals surface area contributed by atoms with Gasteiger partial charge in [-0.15, -0.1) is 0 Å². The van der Waals surface area contributed by atoms with E-state index in [2.05, 4.69) is 26.1 Å². The summed E-state index contributed by atoms with van der Waals surface area (Å²) in [6.45, 7) is 3.29. The molecular formula is C29H28BrN3O5. The van der Waals surface area contributed by atoms with E-state index in [9.17, 15) is 14.9 Å². The minimum atomic E-state index is -1.35. The number of carbonyl (C=O) groups excluding carboxylic acids is 1. The molecule has 1 amide bonds. The molecule has 3 aromatic carbocycles. The first-order valence-corrected chi connectivity index (χ1v) is 13.7. The summed E-state index contributed by atoms with van der Waals surface area (Å²) in [5.41, 5.74) is 1.77. The van der Waals surface area contributed by atoms with Crippen molar-refractivity contribution in [3.05, 3.63) is 98.0 Å². The van der Waals surface area contributed by atoms with Crippen LogP contribution in [0.4, 0.5) is 5.69 Å². The van der Waals surface area contributed by atoms with E-state index in [4.69, 9.17) is 9.47 Å². The molecule has 3 aliphatic rings. The molecule has 8 nitrogen and oxygen atoms in total. The third-order valence-corrected chi connectivity index (χ3v) is 8.63. The molecule has 38 heavy (non-hydrogen) atoms. The van der Waals surface area contributed by atoms with Crippen molar-refractivity contribution in [2.24, 2.45) is 0 Å².